The van der Waals surface area contributed by atoms with Gasteiger partial charge in [-0.15, -0.1) is 0 Å². The largest absolute Gasteiger partial charge is 0.454 e. The molecule has 0 saturated carbocycles. The molecule has 0 aromatic heterocycles. The second kappa shape index (κ2) is 5.26. The molecule has 0 radical (unpaired) electrons. The van der Waals surface area contributed by atoms with Gasteiger partial charge in [0.1, 0.15) is 0 Å². The van der Waals surface area contributed by atoms with Crippen LogP contribution in [0.4, 0.5) is 0 Å². The maximum Gasteiger partial charge on any atom is 0.231 e. The fourth-order valence-electron chi connectivity index (χ4n) is 3.62. The summed E-state index contributed by atoms with van der Waals surface area (Å²) in [5.74, 6) is 1.11. The van der Waals surface area contributed by atoms with Gasteiger partial charge in [-0.25, -0.2) is 0 Å². The average molecular weight is 303 g/mol. The summed E-state index contributed by atoms with van der Waals surface area (Å²) >= 11 is 0. The van der Waals surface area contributed by atoms with Crippen LogP contribution in [-0.4, -0.2) is 32.3 Å². The lowest BCUT2D eigenvalue weighted by molar-refractivity contribution is -0.128. The second-order valence-corrected chi connectivity index (χ2v) is 6.10. The quantitative estimate of drug-likeness (QED) is 0.866. The highest BCUT2D eigenvalue weighted by Gasteiger charge is 2.43. The molecular formula is C17H21NO4. The van der Waals surface area contributed by atoms with Gasteiger partial charge in [-0.05, 0) is 43.2 Å². The van der Waals surface area contributed by atoms with Crippen molar-refractivity contribution in [2.75, 3.05) is 26.6 Å². The molecular weight excluding hydrogens is 282 g/mol. The molecule has 1 fully saturated rings. The molecule has 2 N–H and O–H groups in total. The molecule has 4 rings (SSSR count). The maximum atomic E-state index is 5.89. The number of hydrogen-bond donors (Lipinski definition) is 1. The Bertz CT molecular complexity index is 594. The lowest BCUT2D eigenvalue weighted by atomic mass is 9.70. The first-order chi connectivity index (χ1) is 10.8. The van der Waals surface area contributed by atoms with Crippen LogP contribution in [0.5, 0.6) is 11.5 Å². The third kappa shape index (κ3) is 2.20. The van der Waals surface area contributed by atoms with Crippen LogP contribution in [0.3, 0.4) is 0 Å². The van der Waals surface area contributed by atoms with Crippen molar-refractivity contribution >= 4 is 0 Å². The van der Waals surface area contributed by atoms with Gasteiger partial charge in [-0.2, -0.15) is 0 Å². The van der Waals surface area contributed by atoms with Gasteiger partial charge >= 0.3 is 0 Å². The molecule has 5 nitrogen and oxygen atoms in total. The van der Waals surface area contributed by atoms with Crippen LogP contribution in [-0.2, 0) is 14.9 Å². The summed E-state index contributed by atoms with van der Waals surface area (Å²) < 4.78 is 22.5. The molecule has 5 heteroatoms. The Morgan fingerprint density at radius 1 is 1.00 bits per heavy atom. The van der Waals surface area contributed by atoms with E-state index in [2.05, 4.69) is 24.3 Å². The lowest BCUT2D eigenvalue weighted by Crippen LogP contribution is -2.38. The van der Waals surface area contributed by atoms with Crippen LogP contribution < -0.4 is 15.2 Å². The summed E-state index contributed by atoms with van der Waals surface area (Å²) in [6.45, 7) is 2.26. The number of fused-ring (bicyclic) bond motifs is 1. The summed E-state index contributed by atoms with van der Waals surface area (Å²) in [5.41, 5.74) is 7.01. The minimum Gasteiger partial charge on any atom is -0.454 e. The van der Waals surface area contributed by atoms with E-state index in [1.54, 1.807) is 0 Å². The van der Waals surface area contributed by atoms with Crippen molar-refractivity contribution < 1.29 is 18.9 Å². The van der Waals surface area contributed by atoms with Gasteiger partial charge in [0.25, 0.3) is 0 Å². The SMILES string of the molecule is NCC[C@@]1(c2ccc3c(c2)OCO3)C=CC2(CC1)OCCO2. The Morgan fingerprint density at radius 3 is 2.55 bits per heavy atom. The Labute approximate surface area is 130 Å². The van der Waals surface area contributed by atoms with Gasteiger partial charge in [0.2, 0.25) is 6.79 Å². The smallest absolute Gasteiger partial charge is 0.231 e. The average Bonchev–Trinajstić information content (AvgIpc) is 3.19. The van der Waals surface area contributed by atoms with Crippen LogP contribution in [0.15, 0.2) is 30.4 Å². The summed E-state index contributed by atoms with van der Waals surface area (Å²) in [6.07, 6.45) is 6.97. The zero-order valence-electron chi connectivity index (χ0n) is 12.5. The van der Waals surface area contributed by atoms with E-state index in [9.17, 15) is 0 Å². The third-order valence-electron chi connectivity index (χ3n) is 4.89. The standard InChI is InChI=1S/C17H21NO4/c18-8-7-16(3-5-17(6-4-16)21-9-10-22-17)13-1-2-14-15(11-13)20-12-19-14/h1-3,5,11H,4,6-10,12,18H2/t16-/m1/s1. The Kier molecular flexibility index (Phi) is 3.36. The number of allylic oxidation sites excluding steroid dienone is 1. The van der Waals surface area contributed by atoms with Gasteiger partial charge in [-0.1, -0.05) is 12.1 Å². The zero-order valence-corrected chi connectivity index (χ0v) is 12.5. The van der Waals surface area contributed by atoms with Gasteiger partial charge in [0.15, 0.2) is 17.3 Å². The van der Waals surface area contributed by atoms with Crippen LogP contribution in [0.1, 0.15) is 24.8 Å². The molecule has 22 heavy (non-hydrogen) atoms. The predicted molar refractivity (Wildman–Crippen MR) is 80.9 cm³/mol. The summed E-state index contributed by atoms with van der Waals surface area (Å²) in [6, 6.07) is 6.18. The van der Waals surface area contributed by atoms with Gasteiger partial charge in [0, 0.05) is 11.8 Å². The zero-order chi connectivity index (χ0) is 15.0. The minimum atomic E-state index is -0.519. The number of rotatable bonds is 3. The van der Waals surface area contributed by atoms with Crippen molar-refractivity contribution in [2.24, 2.45) is 5.73 Å². The summed E-state index contributed by atoms with van der Waals surface area (Å²) in [5, 5.41) is 0. The molecule has 0 amide bonds. The van der Waals surface area contributed by atoms with E-state index in [0.29, 0.717) is 26.6 Å². The first-order valence-corrected chi connectivity index (χ1v) is 7.84. The van der Waals surface area contributed by atoms with Crippen molar-refractivity contribution in [3.8, 4) is 11.5 Å². The molecule has 1 atom stereocenters. The van der Waals surface area contributed by atoms with Crippen LogP contribution >= 0.6 is 0 Å². The van der Waals surface area contributed by atoms with E-state index in [1.807, 2.05) is 6.07 Å². The van der Waals surface area contributed by atoms with E-state index < -0.39 is 5.79 Å². The van der Waals surface area contributed by atoms with E-state index in [-0.39, 0.29) is 5.41 Å². The van der Waals surface area contributed by atoms with Crippen molar-refractivity contribution in [1.29, 1.82) is 0 Å². The molecule has 3 aliphatic rings. The fourth-order valence-corrected chi connectivity index (χ4v) is 3.62. The van der Waals surface area contributed by atoms with Crippen LogP contribution in [0, 0.1) is 0 Å². The van der Waals surface area contributed by atoms with E-state index in [0.717, 1.165) is 30.8 Å². The maximum absolute atomic E-state index is 5.89. The van der Waals surface area contributed by atoms with Gasteiger partial charge in [0.05, 0.1) is 13.2 Å². The summed E-state index contributed by atoms with van der Waals surface area (Å²) in [7, 11) is 0. The molecule has 2 aliphatic heterocycles. The van der Waals surface area contributed by atoms with Crippen molar-refractivity contribution in [1.82, 2.24) is 0 Å². The lowest BCUT2D eigenvalue weighted by Gasteiger charge is -2.39. The van der Waals surface area contributed by atoms with Crippen molar-refractivity contribution in [3.63, 3.8) is 0 Å². The molecule has 1 aliphatic carbocycles. The number of ether oxygens (including phenoxy) is 4. The van der Waals surface area contributed by atoms with Crippen molar-refractivity contribution in [3.05, 3.63) is 35.9 Å². The molecule has 1 aromatic carbocycles. The summed E-state index contributed by atoms with van der Waals surface area (Å²) in [4.78, 5) is 0. The number of nitrogens with two attached hydrogens (primary N) is 1. The number of hydrogen-bond acceptors (Lipinski definition) is 5. The van der Waals surface area contributed by atoms with Crippen LogP contribution in [0.25, 0.3) is 0 Å². The Morgan fingerprint density at radius 2 is 1.82 bits per heavy atom. The predicted octanol–water partition coefficient (Wildman–Crippen LogP) is 2.09. The first-order valence-electron chi connectivity index (χ1n) is 7.84. The monoisotopic (exact) mass is 303 g/mol. The second-order valence-electron chi connectivity index (χ2n) is 6.10. The highest BCUT2D eigenvalue weighted by molar-refractivity contribution is 5.48. The highest BCUT2D eigenvalue weighted by atomic mass is 16.7. The topological polar surface area (TPSA) is 62.9 Å². The fraction of sp³-hybridized carbons (Fsp3) is 0.529. The molecule has 0 bridgehead atoms. The van der Waals surface area contributed by atoms with Gasteiger partial charge < -0.3 is 24.7 Å². The van der Waals surface area contributed by atoms with Crippen molar-refractivity contribution in [2.45, 2.75) is 30.5 Å². The molecule has 1 aromatic rings. The Balaban J connectivity index is 1.69. The Hall–Kier alpha value is -1.56. The van der Waals surface area contributed by atoms with Gasteiger partial charge in [-0.3, -0.25) is 0 Å². The third-order valence-corrected chi connectivity index (χ3v) is 4.89. The molecule has 2 heterocycles. The molecule has 1 spiro atoms. The molecule has 118 valence electrons. The van der Waals surface area contributed by atoms with E-state index >= 15 is 0 Å². The van der Waals surface area contributed by atoms with E-state index in [4.69, 9.17) is 24.7 Å². The number of benzene rings is 1. The molecule has 0 unspecified atom stereocenters. The normalized spacial score (nSPS) is 28.4. The first kappa shape index (κ1) is 14.1. The van der Waals surface area contributed by atoms with Crippen LogP contribution in [0.2, 0.25) is 0 Å². The molecule has 1 saturated heterocycles. The minimum absolute atomic E-state index is 0.0870. The highest BCUT2D eigenvalue weighted by Crippen LogP contribution is 2.45. The van der Waals surface area contributed by atoms with E-state index in [1.165, 1.54) is 5.56 Å².